The smallest absolute Gasteiger partial charge is 0.344 e. The van der Waals surface area contributed by atoms with Gasteiger partial charge in [-0.2, -0.15) is 0 Å². The lowest BCUT2D eigenvalue weighted by Gasteiger charge is -2.32. The van der Waals surface area contributed by atoms with E-state index in [9.17, 15) is 0 Å². The normalized spacial score (nSPS) is 13.7. The number of rotatable bonds is 3. The SMILES string of the molecule is Cc1cccc2c1c1ccccc1c1nc3c(n21)B(c1c(C(C)C)cccc1C(C)C)N(C)C=C3. The molecule has 2 aromatic heterocycles. The summed E-state index contributed by atoms with van der Waals surface area (Å²) in [5.74, 6) is 0.871. The summed E-state index contributed by atoms with van der Waals surface area (Å²) in [4.78, 5) is 7.65. The second kappa shape index (κ2) is 8.01. The van der Waals surface area contributed by atoms with E-state index < -0.39 is 0 Å². The zero-order chi connectivity index (χ0) is 24.4. The van der Waals surface area contributed by atoms with E-state index in [1.165, 1.54) is 49.4 Å². The second-order valence-corrected chi connectivity index (χ2v) is 10.6. The van der Waals surface area contributed by atoms with Gasteiger partial charge in [0, 0.05) is 16.4 Å². The first-order valence-corrected chi connectivity index (χ1v) is 12.7. The van der Waals surface area contributed by atoms with Gasteiger partial charge in [0.25, 0.3) is 0 Å². The Balaban J connectivity index is 1.81. The van der Waals surface area contributed by atoms with E-state index in [1.54, 1.807) is 0 Å². The van der Waals surface area contributed by atoms with Crippen molar-refractivity contribution in [1.82, 2.24) is 14.2 Å². The van der Waals surface area contributed by atoms with Gasteiger partial charge in [0.15, 0.2) is 0 Å². The average molecular weight is 457 g/mol. The Morgan fingerprint density at radius 2 is 1.46 bits per heavy atom. The van der Waals surface area contributed by atoms with Gasteiger partial charge in [-0.05, 0) is 71.7 Å². The van der Waals surface area contributed by atoms with Crippen molar-refractivity contribution >= 4 is 51.3 Å². The Hall–Kier alpha value is -3.53. The summed E-state index contributed by atoms with van der Waals surface area (Å²) in [5.41, 5.74) is 10.2. The maximum Gasteiger partial charge on any atom is 0.344 e. The van der Waals surface area contributed by atoms with Crippen LogP contribution in [0.15, 0.2) is 66.9 Å². The molecule has 0 amide bonds. The molecular formula is C31H32BN3. The van der Waals surface area contributed by atoms with Gasteiger partial charge < -0.3 is 9.21 Å². The molecule has 1 aliphatic heterocycles. The molecule has 3 heterocycles. The van der Waals surface area contributed by atoms with Crippen LogP contribution in [0.3, 0.4) is 0 Å². The molecule has 0 N–H and O–H groups in total. The minimum Gasteiger partial charge on any atom is -0.414 e. The summed E-state index contributed by atoms with van der Waals surface area (Å²) in [5, 5.41) is 3.79. The van der Waals surface area contributed by atoms with Crippen molar-refractivity contribution in [1.29, 1.82) is 0 Å². The van der Waals surface area contributed by atoms with E-state index in [1.807, 2.05) is 0 Å². The zero-order valence-electron chi connectivity index (χ0n) is 21.5. The van der Waals surface area contributed by atoms with Crippen molar-refractivity contribution in [3.05, 3.63) is 89.2 Å². The van der Waals surface area contributed by atoms with Gasteiger partial charge >= 0.3 is 6.85 Å². The molecule has 0 saturated carbocycles. The number of pyridine rings is 1. The van der Waals surface area contributed by atoms with Crippen LogP contribution in [0.5, 0.6) is 0 Å². The molecule has 6 rings (SSSR count). The summed E-state index contributed by atoms with van der Waals surface area (Å²) in [6.45, 7) is 11.5. The standard InChI is InChI=1S/C31H32BN3/c1-19(2)22-14-10-15-23(20(3)4)29(22)32-30-26(17-18-34(32)6)33-31-25-13-8-7-12-24(25)28-21(5)11-9-16-27(28)35(30)31/h7-20H,1-6H3. The third-order valence-electron chi connectivity index (χ3n) is 7.70. The van der Waals surface area contributed by atoms with Gasteiger partial charge in [0.05, 0.1) is 11.2 Å². The minimum absolute atomic E-state index is 0.0888. The lowest BCUT2D eigenvalue weighted by molar-refractivity contribution is 0.721. The molecule has 35 heavy (non-hydrogen) atoms. The largest absolute Gasteiger partial charge is 0.414 e. The monoisotopic (exact) mass is 457 g/mol. The highest BCUT2D eigenvalue weighted by molar-refractivity contribution is 6.84. The van der Waals surface area contributed by atoms with E-state index in [0.717, 1.165) is 11.3 Å². The Labute approximate surface area is 208 Å². The van der Waals surface area contributed by atoms with Crippen LogP contribution >= 0.6 is 0 Å². The van der Waals surface area contributed by atoms with Crippen LogP contribution in [0.4, 0.5) is 0 Å². The minimum atomic E-state index is 0.0888. The Morgan fingerprint density at radius 1 is 0.800 bits per heavy atom. The average Bonchev–Trinajstić information content (AvgIpc) is 3.24. The van der Waals surface area contributed by atoms with E-state index >= 15 is 0 Å². The van der Waals surface area contributed by atoms with Crippen LogP contribution in [0, 0.1) is 6.92 Å². The molecule has 4 heteroatoms. The van der Waals surface area contributed by atoms with Crippen molar-refractivity contribution in [2.75, 3.05) is 7.05 Å². The molecule has 0 aliphatic carbocycles. The van der Waals surface area contributed by atoms with E-state index in [0.29, 0.717) is 11.8 Å². The van der Waals surface area contributed by atoms with Gasteiger partial charge in [-0.15, -0.1) is 0 Å². The topological polar surface area (TPSA) is 20.5 Å². The van der Waals surface area contributed by atoms with Crippen molar-refractivity contribution < 1.29 is 0 Å². The first-order valence-electron chi connectivity index (χ1n) is 12.7. The Bertz CT molecular complexity index is 1610. The molecule has 1 aliphatic rings. The molecule has 0 atom stereocenters. The van der Waals surface area contributed by atoms with Crippen LogP contribution in [0.2, 0.25) is 0 Å². The Morgan fingerprint density at radius 3 is 2.14 bits per heavy atom. The van der Waals surface area contributed by atoms with Crippen LogP contribution in [0.25, 0.3) is 33.4 Å². The molecule has 0 spiro atoms. The van der Waals surface area contributed by atoms with E-state index in [-0.39, 0.29) is 6.85 Å². The number of aromatic nitrogens is 2. The number of hydrogen-bond donors (Lipinski definition) is 0. The van der Waals surface area contributed by atoms with Gasteiger partial charge in [-0.25, -0.2) is 4.98 Å². The number of nitrogens with zero attached hydrogens (tertiary/aromatic N) is 3. The molecule has 0 saturated heterocycles. The van der Waals surface area contributed by atoms with Crippen molar-refractivity contribution in [3.63, 3.8) is 0 Å². The predicted octanol–water partition coefficient (Wildman–Crippen LogP) is 6.22. The van der Waals surface area contributed by atoms with Crippen LogP contribution in [0.1, 0.15) is 61.9 Å². The number of hydrogen-bond acceptors (Lipinski definition) is 2. The highest BCUT2D eigenvalue weighted by Gasteiger charge is 2.37. The van der Waals surface area contributed by atoms with Crippen molar-refractivity contribution in [2.24, 2.45) is 0 Å². The fraction of sp³-hybridized carbons (Fsp3) is 0.258. The molecule has 0 radical (unpaired) electrons. The lowest BCUT2D eigenvalue weighted by Crippen LogP contribution is -2.59. The van der Waals surface area contributed by atoms with Crippen LogP contribution < -0.4 is 11.1 Å². The summed E-state index contributed by atoms with van der Waals surface area (Å²) in [6, 6.07) is 22.3. The molecule has 3 nitrogen and oxygen atoms in total. The van der Waals surface area contributed by atoms with Gasteiger partial charge in [0.2, 0.25) is 0 Å². The summed E-state index contributed by atoms with van der Waals surface area (Å²) in [6.07, 6.45) is 4.39. The van der Waals surface area contributed by atoms with Crippen LogP contribution in [-0.4, -0.2) is 28.1 Å². The first kappa shape index (κ1) is 22.0. The highest BCUT2D eigenvalue weighted by atomic mass is 15.1. The fourth-order valence-electron chi connectivity index (χ4n) is 6.08. The summed E-state index contributed by atoms with van der Waals surface area (Å²) >= 11 is 0. The molecule has 3 aromatic carbocycles. The number of aryl methyl sites for hydroxylation is 1. The molecule has 174 valence electrons. The van der Waals surface area contributed by atoms with Gasteiger partial charge in [-0.3, -0.25) is 0 Å². The maximum absolute atomic E-state index is 5.27. The third kappa shape index (κ3) is 3.16. The fourth-order valence-corrected chi connectivity index (χ4v) is 6.08. The van der Waals surface area contributed by atoms with Gasteiger partial charge in [-0.1, -0.05) is 82.3 Å². The molecule has 0 unspecified atom stereocenters. The number of benzene rings is 3. The van der Waals surface area contributed by atoms with Crippen molar-refractivity contribution in [3.8, 4) is 0 Å². The van der Waals surface area contributed by atoms with Gasteiger partial charge in [0.1, 0.15) is 5.65 Å². The number of imidazole rings is 1. The first-order chi connectivity index (χ1) is 16.9. The molecule has 5 aromatic rings. The van der Waals surface area contributed by atoms with Crippen molar-refractivity contribution in [2.45, 2.75) is 46.5 Å². The highest BCUT2D eigenvalue weighted by Crippen LogP contribution is 2.32. The predicted molar refractivity (Wildman–Crippen MR) is 151 cm³/mol. The maximum atomic E-state index is 5.27. The quantitative estimate of drug-likeness (QED) is 0.237. The van der Waals surface area contributed by atoms with E-state index in [2.05, 4.69) is 124 Å². The van der Waals surface area contributed by atoms with Crippen LogP contribution in [-0.2, 0) is 0 Å². The zero-order valence-corrected chi connectivity index (χ0v) is 21.5. The summed E-state index contributed by atoms with van der Waals surface area (Å²) in [7, 11) is 2.21. The van der Waals surface area contributed by atoms with E-state index in [4.69, 9.17) is 4.98 Å². The Kier molecular flexibility index (Phi) is 5.03. The third-order valence-corrected chi connectivity index (χ3v) is 7.70. The molecule has 0 bridgehead atoms. The summed E-state index contributed by atoms with van der Waals surface area (Å²) < 4.78 is 2.45. The molecular weight excluding hydrogens is 425 g/mol. The second-order valence-electron chi connectivity index (χ2n) is 10.6. The molecule has 0 fully saturated rings. The lowest BCUT2D eigenvalue weighted by atomic mass is 9.47. The number of fused-ring (bicyclic) bond motifs is 8.